The quantitative estimate of drug-likeness (QED) is 0.897. The molecule has 4 heteroatoms. The average molecular weight is 314 g/mol. The number of nitrogens with one attached hydrogen (secondary N) is 1. The van der Waals surface area contributed by atoms with Crippen molar-refractivity contribution in [2.45, 2.75) is 31.9 Å². The summed E-state index contributed by atoms with van der Waals surface area (Å²) in [5.74, 6) is 1.20. The monoisotopic (exact) mass is 314 g/mol. The van der Waals surface area contributed by atoms with Crippen LogP contribution in [-0.2, 0) is 16.0 Å². The highest BCUT2D eigenvalue weighted by molar-refractivity contribution is 7.99. The van der Waals surface area contributed by atoms with Gasteiger partial charge in [-0.3, -0.25) is 9.78 Å². The molecular weight excluding hydrogens is 292 g/mol. The zero-order valence-corrected chi connectivity index (χ0v) is 14.1. The van der Waals surface area contributed by atoms with E-state index in [1.807, 2.05) is 36.4 Å². The Labute approximate surface area is 136 Å². The van der Waals surface area contributed by atoms with Crippen molar-refractivity contribution in [3.05, 3.63) is 59.9 Å². The molecule has 22 heavy (non-hydrogen) atoms. The van der Waals surface area contributed by atoms with Gasteiger partial charge in [-0.25, -0.2) is 0 Å². The number of nitrogens with zero attached hydrogens (tertiary/aromatic N) is 1. The molecule has 3 nitrogen and oxygen atoms in total. The third kappa shape index (κ3) is 4.88. The number of amides is 1. The minimum atomic E-state index is 0.00494. The third-order valence-corrected chi connectivity index (χ3v) is 4.18. The molecule has 0 radical (unpaired) electrons. The summed E-state index contributed by atoms with van der Waals surface area (Å²) in [6.07, 6.45) is 1.77. The van der Waals surface area contributed by atoms with Crippen molar-refractivity contribution in [3.63, 3.8) is 0 Å². The summed E-state index contributed by atoms with van der Waals surface area (Å²) in [4.78, 5) is 16.4. The van der Waals surface area contributed by atoms with Crippen LogP contribution < -0.4 is 5.32 Å². The number of hydrogen-bond acceptors (Lipinski definition) is 3. The molecule has 2 aromatic rings. The maximum Gasteiger partial charge on any atom is 0.234 e. The summed E-state index contributed by atoms with van der Waals surface area (Å²) in [7, 11) is 0. The van der Waals surface area contributed by atoms with E-state index in [4.69, 9.17) is 0 Å². The van der Waals surface area contributed by atoms with Gasteiger partial charge in [-0.05, 0) is 29.2 Å². The molecule has 1 heterocycles. The molecule has 0 atom stereocenters. The minimum Gasteiger partial charge on any atom is -0.325 e. The highest BCUT2D eigenvalue weighted by atomic mass is 32.2. The van der Waals surface area contributed by atoms with Crippen LogP contribution in [0.3, 0.4) is 0 Å². The van der Waals surface area contributed by atoms with Gasteiger partial charge in [0, 0.05) is 17.6 Å². The Morgan fingerprint density at radius 3 is 2.55 bits per heavy atom. The molecule has 0 saturated heterocycles. The molecule has 0 unspecified atom stereocenters. The van der Waals surface area contributed by atoms with Crippen LogP contribution in [0.2, 0.25) is 0 Å². The topological polar surface area (TPSA) is 42.0 Å². The maximum absolute atomic E-state index is 12.1. The lowest BCUT2D eigenvalue weighted by Crippen LogP contribution is -2.19. The van der Waals surface area contributed by atoms with Gasteiger partial charge in [0.15, 0.2) is 0 Å². The number of para-hydroxylation sites is 1. The number of aromatic nitrogens is 1. The molecule has 0 saturated carbocycles. The number of pyridine rings is 1. The fourth-order valence-corrected chi connectivity index (χ4v) is 2.90. The van der Waals surface area contributed by atoms with Crippen molar-refractivity contribution in [2.24, 2.45) is 0 Å². The zero-order valence-electron chi connectivity index (χ0n) is 13.3. The molecule has 116 valence electrons. The zero-order chi connectivity index (χ0) is 16.0. The predicted octanol–water partition coefficient (Wildman–Crippen LogP) is 4.25. The summed E-state index contributed by atoms with van der Waals surface area (Å²) in [6.45, 7) is 6.44. The van der Waals surface area contributed by atoms with Crippen LogP contribution in [0.15, 0.2) is 48.7 Å². The van der Waals surface area contributed by atoms with E-state index in [0.717, 1.165) is 22.7 Å². The molecule has 0 fully saturated rings. The number of rotatable bonds is 5. The normalized spacial score (nSPS) is 11.2. The first-order valence-electron chi connectivity index (χ1n) is 7.34. The molecular formula is C18H22N2OS. The first-order valence-corrected chi connectivity index (χ1v) is 8.49. The van der Waals surface area contributed by atoms with Crippen LogP contribution in [0.4, 0.5) is 5.69 Å². The number of thioether (sulfide) groups is 1. The number of carbonyl (C=O) groups excluding carboxylic acids is 1. The van der Waals surface area contributed by atoms with Gasteiger partial charge in [-0.1, -0.05) is 45.0 Å². The van der Waals surface area contributed by atoms with E-state index in [2.05, 4.69) is 37.1 Å². The van der Waals surface area contributed by atoms with E-state index in [1.165, 1.54) is 0 Å². The Bertz CT molecular complexity index is 620. The second-order valence-corrected chi connectivity index (χ2v) is 7.14. The van der Waals surface area contributed by atoms with E-state index in [-0.39, 0.29) is 11.3 Å². The summed E-state index contributed by atoms with van der Waals surface area (Å²) in [6, 6.07) is 13.8. The van der Waals surface area contributed by atoms with Crippen LogP contribution in [0.25, 0.3) is 0 Å². The Morgan fingerprint density at radius 1 is 1.14 bits per heavy atom. The first-order chi connectivity index (χ1) is 10.5. The van der Waals surface area contributed by atoms with Crippen molar-refractivity contribution in [1.29, 1.82) is 0 Å². The van der Waals surface area contributed by atoms with Gasteiger partial charge in [0.1, 0.15) is 0 Å². The van der Waals surface area contributed by atoms with E-state index in [9.17, 15) is 4.79 Å². The van der Waals surface area contributed by atoms with E-state index >= 15 is 0 Å². The van der Waals surface area contributed by atoms with Gasteiger partial charge in [0.05, 0.1) is 11.4 Å². The number of anilines is 1. The molecule has 2 rings (SSSR count). The number of benzene rings is 1. The molecule has 0 spiro atoms. The Hall–Kier alpha value is -1.81. The van der Waals surface area contributed by atoms with Gasteiger partial charge < -0.3 is 5.32 Å². The maximum atomic E-state index is 12.1. The molecule has 1 amide bonds. The van der Waals surface area contributed by atoms with E-state index in [0.29, 0.717) is 5.75 Å². The molecule has 1 aromatic carbocycles. The summed E-state index contributed by atoms with van der Waals surface area (Å²) < 4.78 is 0. The van der Waals surface area contributed by atoms with Crippen LogP contribution in [0.5, 0.6) is 0 Å². The Kier molecular flexibility index (Phi) is 5.61. The van der Waals surface area contributed by atoms with Crippen LogP contribution in [-0.4, -0.2) is 16.6 Å². The predicted molar refractivity (Wildman–Crippen MR) is 94.2 cm³/mol. The lowest BCUT2D eigenvalue weighted by atomic mass is 9.86. The second-order valence-electron chi connectivity index (χ2n) is 6.16. The molecule has 0 bridgehead atoms. The lowest BCUT2D eigenvalue weighted by Gasteiger charge is -2.23. The van der Waals surface area contributed by atoms with E-state index < -0.39 is 0 Å². The SMILES string of the molecule is CC(C)(C)c1ccccc1NC(=O)CSCc1ccccn1. The van der Waals surface area contributed by atoms with Crippen molar-refractivity contribution in [1.82, 2.24) is 4.98 Å². The van der Waals surface area contributed by atoms with Crippen molar-refractivity contribution in [2.75, 3.05) is 11.1 Å². The van der Waals surface area contributed by atoms with Crippen molar-refractivity contribution in [3.8, 4) is 0 Å². The molecule has 0 aliphatic carbocycles. The summed E-state index contributed by atoms with van der Waals surface area (Å²) >= 11 is 1.57. The molecule has 0 aliphatic heterocycles. The summed E-state index contributed by atoms with van der Waals surface area (Å²) in [5.41, 5.74) is 3.05. The van der Waals surface area contributed by atoms with E-state index in [1.54, 1.807) is 18.0 Å². The van der Waals surface area contributed by atoms with Gasteiger partial charge in [0.25, 0.3) is 0 Å². The fourth-order valence-electron chi connectivity index (χ4n) is 2.16. The molecule has 0 aliphatic rings. The molecule has 1 aromatic heterocycles. The van der Waals surface area contributed by atoms with Gasteiger partial charge in [-0.2, -0.15) is 0 Å². The number of hydrogen-bond donors (Lipinski definition) is 1. The van der Waals surface area contributed by atoms with Crippen LogP contribution in [0.1, 0.15) is 32.0 Å². The molecule has 1 N–H and O–H groups in total. The second kappa shape index (κ2) is 7.45. The average Bonchev–Trinajstić information content (AvgIpc) is 2.48. The summed E-state index contributed by atoms with van der Waals surface area (Å²) in [5, 5.41) is 3.02. The van der Waals surface area contributed by atoms with Gasteiger partial charge in [0.2, 0.25) is 5.91 Å². The Balaban J connectivity index is 1.90. The standard InChI is InChI=1S/C18H22N2OS/c1-18(2,3)15-9-4-5-10-16(15)20-17(21)13-22-12-14-8-6-7-11-19-14/h4-11H,12-13H2,1-3H3,(H,20,21). The van der Waals surface area contributed by atoms with Gasteiger partial charge in [-0.15, -0.1) is 11.8 Å². The minimum absolute atomic E-state index is 0.00494. The highest BCUT2D eigenvalue weighted by Gasteiger charge is 2.18. The van der Waals surface area contributed by atoms with Crippen LogP contribution >= 0.6 is 11.8 Å². The Morgan fingerprint density at radius 2 is 1.86 bits per heavy atom. The fraction of sp³-hybridized carbons (Fsp3) is 0.333. The van der Waals surface area contributed by atoms with Crippen molar-refractivity contribution >= 4 is 23.4 Å². The highest BCUT2D eigenvalue weighted by Crippen LogP contribution is 2.29. The largest absolute Gasteiger partial charge is 0.325 e. The third-order valence-electron chi connectivity index (χ3n) is 3.22. The number of carbonyl (C=O) groups is 1. The van der Waals surface area contributed by atoms with Gasteiger partial charge >= 0.3 is 0 Å². The smallest absolute Gasteiger partial charge is 0.234 e. The first kappa shape index (κ1) is 16.6. The van der Waals surface area contributed by atoms with Crippen molar-refractivity contribution < 1.29 is 4.79 Å². The van der Waals surface area contributed by atoms with Crippen LogP contribution in [0, 0.1) is 0 Å². The lowest BCUT2D eigenvalue weighted by molar-refractivity contribution is -0.113.